The van der Waals surface area contributed by atoms with Crippen LogP contribution < -0.4 is 68.4 Å². The number of fused-ring (bicyclic) bond motifs is 7. The lowest BCUT2D eigenvalue weighted by atomic mass is 10.0. The molecule has 11 amide bonds. The molecule has 5 atom stereocenters. The van der Waals surface area contributed by atoms with Crippen molar-refractivity contribution in [1.29, 1.82) is 0 Å². The number of carboxylic acids is 1. The Labute approximate surface area is 649 Å². The van der Waals surface area contributed by atoms with Crippen LogP contribution in [0.3, 0.4) is 0 Å². The SMILES string of the molecule is CCCNC(=O)Nc1cccc(S(=O)(=O)Nc2cccc(C(CC(=O)O)NC(=O)Nc3ccc(NC(=O)NCCN(C)CCN(C)CCN(C)CC(=O)NC(CC(N)=O)C(=O)N4CCCC4C(=O)NC(C(=O)N=S(C)(=O)Cc4cc5cc(c4)OCCCCCNc4cc(ccc4F)-c4nc(ncc4F)N5)C(C)C)cc3)c2)c1. The molecule has 112 heavy (non-hydrogen) atoms. The van der Waals surface area contributed by atoms with Gasteiger partial charge in [0, 0.05) is 105 Å². The van der Waals surface area contributed by atoms with Crippen LogP contribution in [0.1, 0.15) is 89.3 Å². The molecule has 1 saturated heterocycles. The minimum absolute atomic E-state index is 0.00449. The smallest absolute Gasteiger partial charge is 0.319 e. The minimum Gasteiger partial charge on any atom is -0.494 e. The number of nitrogens with zero attached hydrogens (tertiary/aromatic N) is 7. The number of likely N-dealkylation sites (tertiary alicyclic amines) is 1. The highest BCUT2D eigenvalue weighted by Gasteiger charge is 2.40. The van der Waals surface area contributed by atoms with E-state index in [9.17, 15) is 65.3 Å². The van der Waals surface area contributed by atoms with Gasteiger partial charge in [0.05, 0.1) is 64.3 Å². The number of amides is 11. The van der Waals surface area contributed by atoms with E-state index in [1.807, 2.05) is 30.8 Å². The summed E-state index contributed by atoms with van der Waals surface area (Å²) < 4.78 is 83.9. The number of nitrogens with one attached hydrogen (secondary N) is 11. The molecule has 1 fully saturated rings. The molecule has 2 aliphatic heterocycles. The highest BCUT2D eigenvalue weighted by atomic mass is 32.2. The van der Waals surface area contributed by atoms with Crippen LogP contribution in [0.2, 0.25) is 0 Å². The van der Waals surface area contributed by atoms with Gasteiger partial charge in [-0.3, -0.25) is 38.4 Å². The molecule has 3 heterocycles. The summed E-state index contributed by atoms with van der Waals surface area (Å²) in [6.45, 7) is 9.29. The zero-order chi connectivity index (χ0) is 81.2. The maximum Gasteiger partial charge on any atom is 0.319 e. The van der Waals surface area contributed by atoms with Crippen LogP contribution in [0.5, 0.6) is 5.75 Å². The molecule has 6 bridgehead atoms. The monoisotopic (exact) mass is 1590 g/mol. The molecule has 37 heteroatoms. The number of aliphatic carboxylic acids is 1. The fourth-order valence-corrected chi connectivity index (χ4v) is 14.6. The molecule has 33 nitrogen and oxygen atoms in total. The van der Waals surface area contributed by atoms with Gasteiger partial charge in [-0.25, -0.2) is 45.8 Å². The Hall–Kier alpha value is -11.2. The summed E-state index contributed by atoms with van der Waals surface area (Å²) in [5.74, 6) is -6.65. The maximum atomic E-state index is 15.2. The third-order valence-corrected chi connectivity index (χ3v) is 20.7. The topological polar surface area (TPSA) is 444 Å². The summed E-state index contributed by atoms with van der Waals surface area (Å²) in [7, 11) is -2.07. The number of likely N-dealkylation sites (N-methyl/N-ethyl adjacent to an activating group) is 3. The lowest BCUT2D eigenvalue weighted by molar-refractivity contribution is -0.143. The molecule has 14 N–H and O–H groups in total. The highest BCUT2D eigenvalue weighted by molar-refractivity contribution is 7.93. The molecule has 0 aliphatic carbocycles. The molecule has 2 aliphatic rings. The fourth-order valence-electron chi connectivity index (χ4n) is 12.1. The average Bonchev–Trinajstić information content (AvgIpc) is 1.74. The van der Waals surface area contributed by atoms with Crippen LogP contribution >= 0.6 is 0 Å². The Morgan fingerprint density at radius 2 is 1.39 bits per heavy atom. The Bertz CT molecular complexity index is 4590. The Balaban J connectivity index is 0.749. The first-order valence-corrected chi connectivity index (χ1v) is 40.2. The number of anilines is 7. The van der Waals surface area contributed by atoms with E-state index in [4.69, 9.17) is 10.5 Å². The van der Waals surface area contributed by atoms with E-state index in [1.54, 1.807) is 56.1 Å². The van der Waals surface area contributed by atoms with Gasteiger partial charge >= 0.3 is 24.1 Å². The minimum atomic E-state index is -4.19. The molecule has 5 aromatic carbocycles. The number of carbonyl (C=O) groups is 9. The lowest BCUT2D eigenvalue weighted by Crippen LogP contribution is -2.57. The lowest BCUT2D eigenvalue weighted by Gasteiger charge is -2.30. The second kappa shape index (κ2) is 41.2. The van der Waals surface area contributed by atoms with Crippen molar-refractivity contribution in [3.05, 3.63) is 138 Å². The number of ether oxygens (including phenoxy) is 1. The normalized spacial score (nSPS) is 15.0. The van der Waals surface area contributed by atoms with Crippen molar-refractivity contribution < 1.29 is 74.4 Å². The van der Waals surface area contributed by atoms with Crippen LogP contribution in [0, 0.1) is 17.6 Å². The second-order valence-corrected chi connectivity index (χ2v) is 31.9. The number of carbonyl (C=O) groups excluding carboxylic acids is 8. The molecule has 604 valence electrons. The van der Waals surface area contributed by atoms with Crippen LogP contribution in [0.15, 0.2) is 125 Å². The van der Waals surface area contributed by atoms with Crippen LogP contribution in [0.25, 0.3) is 11.3 Å². The summed E-state index contributed by atoms with van der Waals surface area (Å²) in [6, 6.07) is 20.1. The number of carboxylic acid groups (broad SMARTS) is 1. The third-order valence-electron chi connectivity index (χ3n) is 17.9. The van der Waals surface area contributed by atoms with Crippen molar-refractivity contribution in [1.82, 2.24) is 56.2 Å². The molecular weight excluding hydrogens is 1490 g/mol. The molecule has 1 aromatic heterocycles. The predicted molar refractivity (Wildman–Crippen MR) is 422 cm³/mol. The first-order chi connectivity index (χ1) is 53.3. The quantitative estimate of drug-likeness (QED) is 0.0196. The van der Waals surface area contributed by atoms with Gasteiger partial charge in [0.15, 0.2) is 5.82 Å². The molecule has 0 spiro atoms. The van der Waals surface area contributed by atoms with Gasteiger partial charge in [0.25, 0.3) is 15.9 Å². The zero-order valence-corrected chi connectivity index (χ0v) is 65.2. The summed E-state index contributed by atoms with van der Waals surface area (Å²) in [5, 5.41) is 37.3. The van der Waals surface area contributed by atoms with Crippen LogP contribution in [-0.2, 0) is 54.3 Å². The first kappa shape index (κ1) is 86.4. The van der Waals surface area contributed by atoms with Gasteiger partial charge in [0.2, 0.25) is 29.6 Å². The predicted octanol–water partition coefficient (Wildman–Crippen LogP) is 7.04. The van der Waals surface area contributed by atoms with E-state index in [1.165, 1.54) is 90.0 Å². The van der Waals surface area contributed by atoms with Crippen molar-refractivity contribution in [2.24, 2.45) is 16.0 Å². The molecular formula is C75H99F2N19O14S2. The number of benzene rings is 5. The fraction of sp³-hybridized carbons (Fsp3) is 0.427. The summed E-state index contributed by atoms with van der Waals surface area (Å²) in [6.07, 6.45) is 4.52. The van der Waals surface area contributed by atoms with Gasteiger partial charge in [-0.15, -0.1) is 0 Å². The number of hydrogen-bond donors (Lipinski definition) is 13. The highest BCUT2D eigenvalue weighted by Crippen LogP contribution is 2.31. The summed E-state index contributed by atoms with van der Waals surface area (Å²) >= 11 is 0. The standard InChI is InChI=1S/C75H99F2N19O14S2/c1-8-26-80-73(104)86-53-16-13-18-57(41-53)112(108,109)91-54-17-12-15-49(38-54)60(43-66(99)100)88-75(106)85-52-23-21-51(22-24-52)84-74(105)81-28-30-93(4)31-32-94(5)33-34-95(6)45-65(98)87-62(42-64(78)97)71(103)96-29-14-19-63(96)69(101)89-67(47(2)3)70(102)92-111(7,107)46-48-36-55-40-56(37-48)110-35-11-9-10-27-79-61-39-50(20-25-58(61)76)68-59(77)44-82-72(83-55)90-68/h12-13,15-18,20-25,36-41,44,47,60,62-63,67,79,91H,8-11,14,19,26-35,42-43,45-46H2,1-7H3,(H2,78,97)(H,87,98)(H,89,101)(H,99,100)(H2,80,86,104)(H2,81,84,105)(H,82,83,90)(H2,85,88,106). The molecule has 0 saturated carbocycles. The summed E-state index contributed by atoms with van der Waals surface area (Å²) in [5.41, 5.74) is 8.18. The molecule has 0 radical (unpaired) electrons. The van der Waals surface area contributed by atoms with Crippen molar-refractivity contribution in [2.75, 3.05) is 131 Å². The van der Waals surface area contributed by atoms with Crippen molar-refractivity contribution in [3.63, 3.8) is 0 Å². The zero-order valence-electron chi connectivity index (χ0n) is 63.5. The van der Waals surface area contributed by atoms with E-state index in [-0.39, 0.29) is 71.0 Å². The number of hydrogen-bond acceptors (Lipinski definition) is 20. The van der Waals surface area contributed by atoms with E-state index < -0.39 is 128 Å². The number of rotatable bonds is 33. The second-order valence-electron chi connectivity index (χ2n) is 27.8. The molecule has 6 aromatic rings. The van der Waals surface area contributed by atoms with Crippen LogP contribution in [0.4, 0.5) is 63.2 Å². The number of aromatic nitrogens is 2. The Morgan fingerprint density at radius 1 is 0.723 bits per heavy atom. The summed E-state index contributed by atoms with van der Waals surface area (Å²) in [4.78, 5) is 134. The average molecular weight is 1590 g/mol. The van der Waals surface area contributed by atoms with Crippen LogP contribution in [-0.4, -0.2) is 218 Å². The van der Waals surface area contributed by atoms with Gasteiger partial charge in [-0.1, -0.05) is 39.0 Å². The number of urea groups is 3. The van der Waals surface area contributed by atoms with Crippen molar-refractivity contribution in [2.45, 2.75) is 107 Å². The molecule has 5 unspecified atom stereocenters. The van der Waals surface area contributed by atoms with Gasteiger partial charge in [-0.2, -0.15) is 4.36 Å². The van der Waals surface area contributed by atoms with E-state index in [0.717, 1.165) is 12.6 Å². The third kappa shape index (κ3) is 27.4. The van der Waals surface area contributed by atoms with Gasteiger partial charge in [0.1, 0.15) is 35.4 Å². The van der Waals surface area contributed by atoms with E-state index >= 15 is 4.39 Å². The maximum absolute atomic E-state index is 15.2. The van der Waals surface area contributed by atoms with Crippen molar-refractivity contribution in [3.8, 4) is 17.0 Å². The van der Waals surface area contributed by atoms with E-state index in [2.05, 4.69) is 72.2 Å². The van der Waals surface area contributed by atoms with Gasteiger partial charge in [-0.05, 0) is 162 Å². The number of sulfonamides is 1. The number of primary amides is 1. The van der Waals surface area contributed by atoms with E-state index in [0.29, 0.717) is 112 Å². The first-order valence-electron chi connectivity index (χ1n) is 36.6. The van der Waals surface area contributed by atoms with Gasteiger partial charge < -0.3 is 83.4 Å². The number of nitrogens with two attached hydrogens (primary N) is 1. The van der Waals surface area contributed by atoms with Crippen molar-refractivity contribution >= 4 is 113 Å². The number of halogens is 2. The molecule has 8 rings (SSSR count). The largest absolute Gasteiger partial charge is 0.494 e. The Kier molecular flexibility index (Phi) is 31.8. The Morgan fingerprint density at radius 3 is 2.09 bits per heavy atom.